The number of fused-ring (bicyclic) bond motifs is 1. The molecule has 2 N–H and O–H groups in total. The zero-order valence-electron chi connectivity index (χ0n) is 16.3. The van der Waals surface area contributed by atoms with Gasteiger partial charge in [-0.05, 0) is 35.9 Å². The summed E-state index contributed by atoms with van der Waals surface area (Å²) in [4.78, 5) is 24.9. The van der Waals surface area contributed by atoms with Crippen molar-refractivity contribution in [1.29, 1.82) is 0 Å². The van der Waals surface area contributed by atoms with Crippen molar-refractivity contribution in [1.82, 2.24) is 15.0 Å². The number of halogens is 1. The maximum atomic E-state index is 12.8. The van der Waals surface area contributed by atoms with Gasteiger partial charge in [-0.15, -0.1) is 0 Å². The highest BCUT2D eigenvalue weighted by Crippen LogP contribution is 2.30. The molecule has 0 spiro atoms. The molecule has 0 unspecified atom stereocenters. The van der Waals surface area contributed by atoms with Crippen molar-refractivity contribution in [3.8, 4) is 22.6 Å². The summed E-state index contributed by atoms with van der Waals surface area (Å²) in [5.41, 5.74) is 4.59. The van der Waals surface area contributed by atoms with E-state index in [-0.39, 0.29) is 5.91 Å². The summed E-state index contributed by atoms with van der Waals surface area (Å²) in [6.07, 6.45) is 3.35. The van der Waals surface area contributed by atoms with Gasteiger partial charge in [-0.2, -0.15) is 0 Å². The van der Waals surface area contributed by atoms with Crippen LogP contribution in [-0.2, 0) is 0 Å². The van der Waals surface area contributed by atoms with E-state index in [1.54, 1.807) is 24.5 Å². The molecule has 5 aromatic rings. The number of rotatable bonds is 4. The molecular weight excluding hydrogens is 408 g/mol. The third-order valence-electron chi connectivity index (χ3n) is 4.99. The second kappa shape index (κ2) is 8.05. The van der Waals surface area contributed by atoms with Crippen LogP contribution in [-0.4, -0.2) is 20.9 Å². The predicted octanol–water partition coefficient (Wildman–Crippen LogP) is 6.20. The van der Waals surface area contributed by atoms with Gasteiger partial charge >= 0.3 is 0 Å². The minimum atomic E-state index is -0.240. The molecule has 31 heavy (non-hydrogen) atoms. The van der Waals surface area contributed by atoms with Gasteiger partial charge in [0.05, 0.1) is 28.0 Å². The Kier molecular flexibility index (Phi) is 4.94. The molecule has 6 heteroatoms. The number of nitrogens with zero attached hydrogens (tertiary/aromatic N) is 2. The normalized spacial score (nSPS) is 10.9. The molecule has 2 heterocycles. The number of pyridine rings is 1. The molecule has 0 atom stereocenters. The number of carbonyl (C=O) groups is 1. The lowest BCUT2D eigenvalue weighted by molar-refractivity contribution is 0.102. The second-order valence-corrected chi connectivity index (χ2v) is 7.48. The zero-order valence-corrected chi connectivity index (χ0v) is 17.1. The standard InChI is InChI=1S/C25H17ClN4O/c26-21-11-10-19(29-25(31)18-12-17-8-4-5-9-22(17)27-14-18)13-20(21)24-28-15-23(30-24)16-6-2-1-3-7-16/h1-15H,(H,28,30)(H,29,31). The zero-order chi connectivity index (χ0) is 21.2. The summed E-state index contributed by atoms with van der Waals surface area (Å²) in [5.74, 6) is 0.392. The molecule has 0 bridgehead atoms. The number of imidazole rings is 1. The van der Waals surface area contributed by atoms with E-state index in [2.05, 4.69) is 20.3 Å². The number of anilines is 1. The van der Waals surface area contributed by atoms with Gasteiger partial charge in [-0.1, -0.05) is 60.1 Å². The molecule has 0 aliphatic heterocycles. The van der Waals surface area contributed by atoms with Gasteiger partial charge in [0.2, 0.25) is 0 Å². The Morgan fingerprint density at radius 2 is 1.68 bits per heavy atom. The van der Waals surface area contributed by atoms with Crippen LogP contribution in [0, 0.1) is 0 Å². The first kappa shape index (κ1) is 19.0. The number of hydrogen-bond acceptors (Lipinski definition) is 3. The lowest BCUT2D eigenvalue weighted by Gasteiger charge is -2.09. The van der Waals surface area contributed by atoms with Crippen LogP contribution in [0.25, 0.3) is 33.5 Å². The van der Waals surface area contributed by atoms with Crippen LogP contribution in [0.1, 0.15) is 10.4 Å². The lowest BCUT2D eigenvalue weighted by atomic mass is 10.1. The monoisotopic (exact) mass is 424 g/mol. The molecular formula is C25H17ClN4O. The summed E-state index contributed by atoms with van der Waals surface area (Å²) in [5, 5.41) is 4.37. The smallest absolute Gasteiger partial charge is 0.257 e. The average Bonchev–Trinajstić information content (AvgIpc) is 3.30. The lowest BCUT2D eigenvalue weighted by Crippen LogP contribution is -2.12. The first-order valence-electron chi connectivity index (χ1n) is 9.74. The topological polar surface area (TPSA) is 70.7 Å². The fraction of sp³-hybridized carbons (Fsp3) is 0. The van der Waals surface area contributed by atoms with Crippen LogP contribution in [0.5, 0.6) is 0 Å². The molecule has 0 aliphatic rings. The van der Waals surface area contributed by atoms with Gasteiger partial charge in [-0.3, -0.25) is 9.78 Å². The number of benzene rings is 3. The summed E-state index contributed by atoms with van der Waals surface area (Å²) in [6, 6.07) is 24.8. The van der Waals surface area contributed by atoms with E-state index in [1.165, 1.54) is 0 Å². The highest BCUT2D eigenvalue weighted by Gasteiger charge is 2.13. The minimum Gasteiger partial charge on any atom is -0.338 e. The molecule has 150 valence electrons. The Bertz CT molecular complexity index is 1400. The van der Waals surface area contributed by atoms with Crippen molar-refractivity contribution in [2.75, 3.05) is 5.32 Å². The summed E-state index contributed by atoms with van der Waals surface area (Å²) in [7, 11) is 0. The number of H-pyrrole nitrogens is 1. The molecule has 0 saturated heterocycles. The quantitative estimate of drug-likeness (QED) is 0.361. The van der Waals surface area contributed by atoms with E-state index >= 15 is 0 Å². The number of hydrogen-bond donors (Lipinski definition) is 2. The number of aromatic amines is 1. The molecule has 0 aliphatic carbocycles. The summed E-state index contributed by atoms with van der Waals surface area (Å²) < 4.78 is 0. The summed E-state index contributed by atoms with van der Waals surface area (Å²) >= 11 is 6.42. The molecule has 0 radical (unpaired) electrons. The van der Waals surface area contributed by atoms with Crippen LogP contribution in [0.15, 0.2) is 91.3 Å². The Morgan fingerprint density at radius 1 is 0.871 bits per heavy atom. The van der Waals surface area contributed by atoms with Crippen LogP contribution in [0.3, 0.4) is 0 Å². The van der Waals surface area contributed by atoms with Crippen LogP contribution in [0.2, 0.25) is 5.02 Å². The van der Waals surface area contributed by atoms with Crippen LogP contribution >= 0.6 is 11.6 Å². The summed E-state index contributed by atoms with van der Waals surface area (Å²) in [6.45, 7) is 0. The largest absolute Gasteiger partial charge is 0.338 e. The fourth-order valence-corrected chi connectivity index (χ4v) is 3.61. The highest BCUT2D eigenvalue weighted by atomic mass is 35.5. The maximum Gasteiger partial charge on any atom is 0.257 e. The van der Waals surface area contributed by atoms with Crippen molar-refractivity contribution in [2.24, 2.45) is 0 Å². The van der Waals surface area contributed by atoms with Gasteiger partial charge in [0.15, 0.2) is 0 Å². The molecule has 0 fully saturated rings. The van der Waals surface area contributed by atoms with E-state index in [9.17, 15) is 4.79 Å². The second-order valence-electron chi connectivity index (χ2n) is 7.08. The Balaban J connectivity index is 1.42. The van der Waals surface area contributed by atoms with Crippen molar-refractivity contribution >= 4 is 34.1 Å². The molecule has 0 saturated carbocycles. The maximum absolute atomic E-state index is 12.8. The molecule has 5 rings (SSSR count). The van der Waals surface area contributed by atoms with Crippen molar-refractivity contribution in [2.45, 2.75) is 0 Å². The van der Waals surface area contributed by atoms with Gasteiger partial charge < -0.3 is 10.3 Å². The Labute approximate surface area is 183 Å². The molecule has 1 amide bonds. The number of carbonyl (C=O) groups excluding carboxylic acids is 1. The van der Waals surface area contributed by atoms with Crippen LogP contribution in [0.4, 0.5) is 5.69 Å². The van der Waals surface area contributed by atoms with E-state index in [1.807, 2.05) is 66.7 Å². The molecule has 3 aromatic carbocycles. The van der Waals surface area contributed by atoms with Gasteiger partial charge in [0.25, 0.3) is 5.91 Å². The first-order valence-corrected chi connectivity index (χ1v) is 10.1. The Hall–Kier alpha value is -3.96. The molecule has 2 aromatic heterocycles. The third kappa shape index (κ3) is 3.91. The molecule has 5 nitrogen and oxygen atoms in total. The van der Waals surface area contributed by atoms with Crippen molar-refractivity contribution < 1.29 is 4.79 Å². The van der Waals surface area contributed by atoms with Gasteiger partial charge in [0.1, 0.15) is 5.82 Å². The van der Waals surface area contributed by atoms with Crippen LogP contribution < -0.4 is 5.32 Å². The van der Waals surface area contributed by atoms with Crippen molar-refractivity contribution in [3.05, 3.63) is 102 Å². The van der Waals surface area contributed by atoms with E-state index in [0.29, 0.717) is 27.7 Å². The van der Waals surface area contributed by atoms with E-state index < -0.39 is 0 Å². The SMILES string of the molecule is O=C(Nc1ccc(Cl)c(-c2ncc(-c3ccccc3)[nH]2)c1)c1cnc2ccccc2c1. The fourth-order valence-electron chi connectivity index (χ4n) is 3.41. The average molecular weight is 425 g/mol. The highest BCUT2D eigenvalue weighted by molar-refractivity contribution is 6.33. The first-order chi connectivity index (χ1) is 15.2. The van der Waals surface area contributed by atoms with E-state index in [0.717, 1.165) is 22.2 Å². The van der Waals surface area contributed by atoms with Crippen molar-refractivity contribution in [3.63, 3.8) is 0 Å². The number of amides is 1. The number of nitrogens with one attached hydrogen (secondary N) is 2. The van der Waals surface area contributed by atoms with Gasteiger partial charge in [-0.25, -0.2) is 4.98 Å². The Morgan fingerprint density at radius 3 is 2.55 bits per heavy atom. The van der Waals surface area contributed by atoms with E-state index in [4.69, 9.17) is 11.6 Å². The number of aromatic nitrogens is 3. The predicted molar refractivity (Wildman–Crippen MR) is 124 cm³/mol. The number of para-hydroxylation sites is 1. The van der Waals surface area contributed by atoms with Gasteiger partial charge in [0, 0.05) is 22.8 Å². The third-order valence-corrected chi connectivity index (χ3v) is 5.32. The minimum absolute atomic E-state index is 0.240.